The summed E-state index contributed by atoms with van der Waals surface area (Å²) in [7, 11) is 0. The van der Waals surface area contributed by atoms with Gasteiger partial charge in [-0.2, -0.15) is 0 Å². The van der Waals surface area contributed by atoms with Gasteiger partial charge in [-0.15, -0.1) is 0 Å². The van der Waals surface area contributed by atoms with Crippen LogP contribution in [0.25, 0.3) is 0 Å². The van der Waals surface area contributed by atoms with Crippen LogP contribution in [-0.4, -0.2) is 52.5 Å². The van der Waals surface area contributed by atoms with E-state index in [1.54, 1.807) is 0 Å². The van der Waals surface area contributed by atoms with Crippen LogP contribution in [-0.2, 0) is 14.3 Å². The molecule has 0 saturated carbocycles. The van der Waals surface area contributed by atoms with E-state index >= 15 is 0 Å². The Hall–Kier alpha value is -0.980. The highest BCUT2D eigenvalue weighted by atomic mass is 16.5. The molecule has 6 heteroatoms. The topological polar surface area (TPSA) is 104 Å². The molecule has 0 amide bonds. The Bertz CT molecular complexity index is 281. The SMILES string of the molecule is CCCCCCCCCC(=O)OC[C@H](O)[C@H](O)[C@@H](O)C=O. The molecule has 21 heavy (non-hydrogen) atoms. The number of aliphatic hydroxyl groups is 3. The van der Waals surface area contributed by atoms with Gasteiger partial charge in [0, 0.05) is 6.42 Å². The highest BCUT2D eigenvalue weighted by molar-refractivity contribution is 5.69. The van der Waals surface area contributed by atoms with Gasteiger partial charge in [-0.25, -0.2) is 0 Å². The number of aldehydes is 1. The molecule has 0 spiro atoms. The number of hydrogen-bond donors (Lipinski definition) is 3. The molecule has 0 saturated heterocycles. The van der Waals surface area contributed by atoms with Gasteiger partial charge in [0.15, 0.2) is 6.29 Å². The van der Waals surface area contributed by atoms with Crippen molar-refractivity contribution >= 4 is 12.3 Å². The minimum Gasteiger partial charge on any atom is -0.463 e. The van der Waals surface area contributed by atoms with E-state index < -0.39 is 30.9 Å². The largest absolute Gasteiger partial charge is 0.463 e. The summed E-state index contributed by atoms with van der Waals surface area (Å²) in [6.07, 6.45) is 3.25. The fourth-order valence-corrected chi connectivity index (χ4v) is 1.88. The molecule has 6 nitrogen and oxygen atoms in total. The van der Waals surface area contributed by atoms with E-state index in [0.717, 1.165) is 19.3 Å². The van der Waals surface area contributed by atoms with Crippen LogP contribution in [0.5, 0.6) is 0 Å². The van der Waals surface area contributed by atoms with Crippen LogP contribution in [0.3, 0.4) is 0 Å². The summed E-state index contributed by atoms with van der Waals surface area (Å²) in [6, 6.07) is 0. The van der Waals surface area contributed by atoms with Gasteiger partial charge in [0.05, 0.1) is 0 Å². The molecule has 0 radical (unpaired) electrons. The number of rotatable bonds is 13. The Morgan fingerprint density at radius 3 is 2.19 bits per heavy atom. The van der Waals surface area contributed by atoms with E-state index in [9.17, 15) is 19.8 Å². The van der Waals surface area contributed by atoms with Gasteiger partial charge in [0.25, 0.3) is 0 Å². The number of aliphatic hydroxyl groups excluding tert-OH is 3. The Morgan fingerprint density at radius 2 is 1.62 bits per heavy atom. The van der Waals surface area contributed by atoms with Crippen LogP contribution >= 0.6 is 0 Å². The van der Waals surface area contributed by atoms with Crippen LogP contribution in [0.15, 0.2) is 0 Å². The summed E-state index contributed by atoms with van der Waals surface area (Å²) in [5, 5.41) is 27.7. The predicted molar refractivity (Wildman–Crippen MR) is 77.7 cm³/mol. The second-order valence-corrected chi connectivity index (χ2v) is 5.24. The molecular weight excluding hydrogens is 276 g/mol. The van der Waals surface area contributed by atoms with E-state index in [1.807, 2.05) is 0 Å². The normalized spacial score (nSPS) is 15.2. The summed E-state index contributed by atoms with van der Waals surface area (Å²) < 4.78 is 4.79. The highest BCUT2D eigenvalue weighted by Gasteiger charge is 2.25. The molecule has 3 atom stereocenters. The van der Waals surface area contributed by atoms with Crippen molar-refractivity contribution in [2.24, 2.45) is 0 Å². The molecule has 0 aromatic carbocycles. The Balaban J connectivity index is 3.60. The maximum absolute atomic E-state index is 11.4. The van der Waals surface area contributed by atoms with Gasteiger partial charge >= 0.3 is 5.97 Å². The lowest BCUT2D eigenvalue weighted by atomic mass is 10.1. The van der Waals surface area contributed by atoms with Crippen LogP contribution < -0.4 is 0 Å². The molecule has 0 aliphatic heterocycles. The number of carbonyl (C=O) groups excluding carboxylic acids is 2. The smallest absolute Gasteiger partial charge is 0.305 e. The van der Waals surface area contributed by atoms with Crippen molar-refractivity contribution < 1.29 is 29.6 Å². The van der Waals surface area contributed by atoms with Crippen molar-refractivity contribution in [3.8, 4) is 0 Å². The zero-order chi connectivity index (χ0) is 16.1. The minimum absolute atomic E-state index is 0.119. The summed E-state index contributed by atoms with van der Waals surface area (Å²) in [6.45, 7) is 1.73. The van der Waals surface area contributed by atoms with Crippen LogP contribution in [0.4, 0.5) is 0 Å². The standard InChI is InChI=1S/C15H28O6/c1-2-3-4-5-6-7-8-9-14(19)21-11-13(18)15(20)12(17)10-16/h10,12-13,15,17-18,20H,2-9,11H2,1H3/t12-,13-,15+/m0/s1. The first-order valence-electron chi connectivity index (χ1n) is 7.68. The first-order valence-corrected chi connectivity index (χ1v) is 7.68. The van der Waals surface area contributed by atoms with Gasteiger partial charge in [-0.1, -0.05) is 45.4 Å². The van der Waals surface area contributed by atoms with Crippen molar-refractivity contribution in [2.45, 2.75) is 76.6 Å². The van der Waals surface area contributed by atoms with Crippen molar-refractivity contribution in [1.82, 2.24) is 0 Å². The molecule has 0 aliphatic rings. The fourth-order valence-electron chi connectivity index (χ4n) is 1.88. The first kappa shape index (κ1) is 20.0. The second kappa shape index (κ2) is 12.7. The van der Waals surface area contributed by atoms with Gasteiger partial charge < -0.3 is 24.9 Å². The molecule has 0 bridgehead atoms. The summed E-state index contributed by atoms with van der Waals surface area (Å²) >= 11 is 0. The van der Waals surface area contributed by atoms with Crippen LogP contribution in [0.1, 0.15) is 58.3 Å². The zero-order valence-corrected chi connectivity index (χ0v) is 12.7. The third kappa shape index (κ3) is 10.4. The summed E-state index contributed by atoms with van der Waals surface area (Å²) in [5.74, 6) is -0.449. The molecule has 0 aromatic rings. The van der Waals surface area contributed by atoms with E-state index in [0.29, 0.717) is 0 Å². The highest BCUT2D eigenvalue weighted by Crippen LogP contribution is 2.09. The molecule has 0 fully saturated rings. The van der Waals surface area contributed by atoms with Gasteiger partial charge in [0.1, 0.15) is 24.9 Å². The van der Waals surface area contributed by atoms with Crippen molar-refractivity contribution in [3.05, 3.63) is 0 Å². The third-order valence-electron chi connectivity index (χ3n) is 3.28. The van der Waals surface area contributed by atoms with Gasteiger partial charge in [0.2, 0.25) is 0 Å². The Labute approximate surface area is 126 Å². The molecule has 3 N–H and O–H groups in total. The van der Waals surface area contributed by atoms with Gasteiger partial charge in [-0.05, 0) is 6.42 Å². The molecule has 0 aliphatic carbocycles. The van der Waals surface area contributed by atoms with E-state index in [4.69, 9.17) is 9.84 Å². The molecular formula is C15H28O6. The average molecular weight is 304 g/mol. The Kier molecular flexibility index (Phi) is 12.1. The minimum atomic E-state index is -1.68. The lowest BCUT2D eigenvalue weighted by molar-refractivity contribution is -0.152. The average Bonchev–Trinajstić information content (AvgIpc) is 2.50. The van der Waals surface area contributed by atoms with E-state index in [-0.39, 0.29) is 12.7 Å². The lowest BCUT2D eigenvalue weighted by Crippen LogP contribution is -2.41. The first-order chi connectivity index (χ1) is 10.0. The lowest BCUT2D eigenvalue weighted by Gasteiger charge is -2.19. The van der Waals surface area contributed by atoms with Crippen molar-refractivity contribution in [1.29, 1.82) is 0 Å². The second-order valence-electron chi connectivity index (χ2n) is 5.24. The monoisotopic (exact) mass is 304 g/mol. The van der Waals surface area contributed by atoms with E-state index in [1.165, 1.54) is 25.7 Å². The van der Waals surface area contributed by atoms with Crippen LogP contribution in [0.2, 0.25) is 0 Å². The third-order valence-corrected chi connectivity index (χ3v) is 3.28. The number of hydrogen-bond acceptors (Lipinski definition) is 6. The molecule has 124 valence electrons. The molecule has 0 heterocycles. The van der Waals surface area contributed by atoms with Crippen molar-refractivity contribution in [2.75, 3.05) is 6.61 Å². The fraction of sp³-hybridized carbons (Fsp3) is 0.867. The predicted octanol–water partition coefficient (Wildman–Crippen LogP) is 0.952. The molecule has 0 unspecified atom stereocenters. The van der Waals surface area contributed by atoms with Gasteiger partial charge in [-0.3, -0.25) is 4.79 Å². The number of unbranched alkanes of at least 4 members (excludes halogenated alkanes) is 6. The summed E-state index contributed by atoms with van der Waals surface area (Å²) in [4.78, 5) is 21.6. The maximum Gasteiger partial charge on any atom is 0.305 e. The number of ether oxygens (including phenoxy) is 1. The quantitative estimate of drug-likeness (QED) is 0.266. The van der Waals surface area contributed by atoms with Crippen molar-refractivity contribution in [3.63, 3.8) is 0 Å². The number of esters is 1. The Morgan fingerprint density at radius 1 is 1.05 bits per heavy atom. The zero-order valence-electron chi connectivity index (χ0n) is 12.7. The maximum atomic E-state index is 11.4. The summed E-state index contributed by atoms with van der Waals surface area (Å²) in [5.41, 5.74) is 0. The van der Waals surface area contributed by atoms with Crippen LogP contribution in [0, 0.1) is 0 Å². The molecule has 0 aromatic heterocycles. The van der Waals surface area contributed by atoms with E-state index in [2.05, 4.69) is 6.92 Å². The number of carbonyl (C=O) groups is 2. The molecule has 0 rings (SSSR count).